The molecule has 0 aliphatic rings. The molecule has 0 unspecified atom stereocenters. The topological polar surface area (TPSA) is 0 Å². The summed E-state index contributed by atoms with van der Waals surface area (Å²) < 4.78 is 1.00. The quantitative estimate of drug-likeness (QED) is 0.412. The summed E-state index contributed by atoms with van der Waals surface area (Å²) in [5.74, 6) is 0. The van der Waals surface area contributed by atoms with Crippen molar-refractivity contribution < 1.29 is 4.48 Å². The molecule has 0 aromatic carbocycles. The van der Waals surface area contributed by atoms with Crippen molar-refractivity contribution in [1.29, 1.82) is 0 Å². The molecule has 0 aliphatic carbocycles. The van der Waals surface area contributed by atoms with Crippen LogP contribution in [0.1, 0.15) is 0 Å². The van der Waals surface area contributed by atoms with E-state index in [-0.39, 0.29) is 27.3 Å². The van der Waals surface area contributed by atoms with Crippen LogP contribution >= 0.6 is 0 Å². The van der Waals surface area contributed by atoms with Crippen LogP contribution in [-0.4, -0.2) is 60.0 Å². The molecular weight excluding hydrogens is 269 g/mol. The summed E-state index contributed by atoms with van der Waals surface area (Å²) >= 11 is 0. The molecule has 0 heterocycles. The first-order valence-corrected chi connectivity index (χ1v) is 1.79. The molecule has 0 rings (SSSR count). The zero-order chi connectivity index (χ0) is 4.50. The molecule has 0 amide bonds. The Morgan fingerprint density at radius 1 is 0.833 bits per heavy atom. The van der Waals surface area contributed by atoms with Gasteiger partial charge in [-0.2, -0.15) is 0 Å². The van der Waals surface area contributed by atoms with Crippen molar-refractivity contribution in [2.75, 3.05) is 28.2 Å². The Kier molecular flexibility index (Phi) is 4.93. The Bertz CT molecular complexity index is 23.0. The van der Waals surface area contributed by atoms with E-state index in [1.807, 2.05) is 0 Å². The third-order valence-electron chi connectivity index (χ3n) is 0. The van der Waals surface area contributed by atoms with Gasteiger partial charge < -0.3 is 4.48 Å². The minimum atomic E-state index is 0. The van der Waals surface area contributed by atoms with Crippen molar-refractivity contribution in [2.24, 2.45) is 0 Å². The van der Waals surface area contributed by atoms with Gasteiger partial charge in [0.1, 0.15) is 0 Å². The molecule has 0 aromatic rings. The molecule has 0 spiro atoms. The average molecular weight is 283 g/mol. The van der Waals surface area contributed by atoms with Gasteiger partial charge in [0.05, 0.1) is 28.2 Å². The van der Waals surface area contributed by atoms with E-state index in [2.05, 4.69) is 28.2 Å². The first kappa shape index (κ1) is 9.99. The molecule has 0 bridgehead atoms. The van der Waals surface area contributed by atoms with Crippen LogP contribution in [0.3, 0.4) is 0 Å². The van der Waals surface area contributed by atoms with Gasteiger partial charge >= 0.3 is 27.3 Å². The summed E-state index contributed by atoms with van der Waals surface area (Å²) in [5.41, 5.74) is 0. The van der Waals surface area contributed by atoms with Crippen LogP contribution in [0.4, 0.5) is 0 Å². The Morgan fingerprint density at radius 3 is 0.833 bits per heavy atom. The van der Waals surface area contributed by atoms with Crippen LogP contribution in [0.15, 0.2) is 0 Å². The van der Waals surface area contributed by atoms with E-state index in [9.17, 15) is 0 Å². The summed E-state index contributed by atoms with van der Waals surface area (Å²) in [6.07, 6.45) is 0. The fourth-order valence-electron chi connectivity index (χ4n) is 0. The Labute approximate surface area is 60.1 Å². The van der Waals surface area contributed by atoms with Gasteiger partial charge in [-0.25, -0.2) is 0 Å². The fraction of sp³-hybridized carbons (Fsp3) is 1.00. The molecule has 6 heavy (non-hydrogen) atoms. The van der Waals surface area contributed by atoms with Gasteiger partial charge in [0.15, 0.2) is 0 Å². The summed E-state index contributed by atoms with van der Waals surface area (Å²) in [6.45, 7) is 0. The summed E-state index contributed by atoms with van der Waals surface area (Å²) in [5, 5.41) is 0. The number of quaternary nitrogens is 1. The van der Waals surface area contributed by atoms with Crippen LogP contribution in [0.5, 0.6) is 0 Å². The predicted molar refractivity (Wildman–Crippen MR) is 32.5 cm³/mol. The fourth-order valence-corrected chi connectivity index (χ4v) is 0. The molecule has 38 valence electrons. The van der Waals surface area contributed by atoms with Gasteiger partial charge in [0.2, 0.25) is 0 Å². The zero-order valence-electron chi connectivity index (χ0n) is 5.15. The number of rotatable bonds is 0. The Morgan fingerprint density at radius 2 is 0.833 bits per heavy atom. The first-order valence-electron chi connectivity index (χ1n) is 1.79. The van der Waals surface area contributed by atoms with Crippen molar-refractivity contribution in [1.82, 2.24) is 0 Å². The van der Waals surface area contributed by atoms with E-state index >= 15 is 0 Å². The zero-order valence-corrected chi connectivity index (χ0v) is 10.7. The van der Waals surface area contributed by atoms with E-state index in [0.717, 1.165) is 4.48 Å². The number of hydrogen-bond donors (Lipinski definition) is 0. The van der Waals surface area contributed by atoms with Crippen molar-refractivity contribution in [2.45, 2.75) is 0 Å². The SMILES string of the molecule is C[N+](C)(C)C.[PbH2]. The molecule has 0 saturated carbocycles. The van der Waals surface area contributed by atoms with Gasteiger partial charge in [-0.15, -0.1) is 0 Å². The standard InChI is InChI=1S/C4H12N.Pb.2H/c1-5(2,3)4;;;/h1-4H3;;;/q+1;;;. The van der Waals surface area contributed by atoms with E-state index in [1.165, 1.54) is 0 Å². The van der Waals surface area contributed by atoms with Crippen molar-refractivity contribution in [3.05, 3.63) is 0 Å². The van der Waals surface area contributed by atoms with E-state index in [4.69, 9.17) is 0 Å². The molecule has 1 nitrogen and oxygen atoms in total. The van der Waals surface area contributed by atoms with E-state index in [1.54, 1.807) is 0 Å². The second-order valence-corrected chi connectivity index (χ2v) is 2.68. The van der Waals surface area contributed by atoms with Gasteiger partial charge in [0.25, 0.3) is 0 Å². The van der Waals surface area contributed by atoms with Gasteiger partial charge in [-0.05, 0) is 0 Å². The summed E-state index contributed by atoms with van der Waals surface area (Å²) in [4.78, 5) is 0. The van der Waals surface area contributed by atoms with Crippen molar-refractivity contribution in [3.63, 3.8) is 0 Å². The molecule has 2 radical (unpaired) electrons. The molecule has 0 atom stereocenters. The molecule has 0 aliphatic heterocycles. The van der Waals surface area contributed by atoms with Crippen molar-refractivity contribution >= 4 is 27.3 Å². The van der Waals surface area contributed by atoms with Gasteiger partial charge in [-0.1, -0.05) is 0 Å². The van der Waals surface area contributed by atoms with Crippen molar-refractivity contribution in [3.8, 4) is 0 Å². The van der Waals surface area contributed by atoms with Crippen LogP contribution in [0.25, 0.3) is 0 Å². The maximum absolute atomic E-state index is 2.12. The monoisotopic (exact) mass is 284 g/mol. The average Bonchev–Trinajstić information content (AvgIpc) is 0.722. The van der Waals surface area contributed by atoms with Crippen LogP contribution < -0.4 is 0 Å². The molecule has 0 fully saturated rings. The Balaban J connectivity index is 0. The number of hydrogen-bond acceptors (Lipinski definition) is 0. The van der Waals surface area contributed by atoms with E-state index < -0.39 is 0 Å². The molecule has 2 heteroatoms. The van der Waals surface area contributed by atoms with Gasteiger partial charge in [0, 0.05) is 0 Å². The normalized spacial score (nSPS) is 10.0. The Hall–Kier alpha value is 0.882. The summed E-state index contributed by atoms with van der Waals surface area (Å²) in [6, 6.07) is 0. The third kappa shape index (κ3) is 94.6. The summed E-state index contributed by atoms with van der Waals surface area (Å²) in [7, 11) is 8.50. The van der Waals surface area contributed by atoms with Crippen LogP contribution in [0, 0.1) is 0 Å². The minimum absolute atomic E-state index is 0. The first-order chi connectivity index (χ1) is 2.00. The second kappa shape index (κ2) is 2.96. The van der Waals surface area contributed by atoms with Crippen LogP contribution in [0.2, 0.25) is 0 Å². The second-order valence-electron chi connectivity index (χ2n) is 2.68. The van der Waals surface area contributed by atoms with E-state index in [0.29, 0.717) is 0 Å². The third-order valence-corrected chi connectivity index (χ3v) is 0. The van der Waals surface area contributed by atoms with Crippen LogP contribution in [-0.2, 0) is 0 Å². The molecule has 0 aromatic heterocycles. The number of nitrogens with zero attached hydrogens (tertiary/aromatic N) is 1. The molecule has 0 N–H and O–H groups in total. The predicted octanol–water partition coefficient (Wildman–Crippen LogP) is -0.594. The molecular formula is C4H14NPb+. The van der Waals surface area contributed by atoms with Gasteiger partial charge in [-0.3, -0.25) is 0 Å². The maximum atomic E-state index is 2.12. The molecule has 0 saturated heterocycles.